The molecule has 16 nitrogen and oxygen atoms in total. The number of carbonyl (C=O) groups excluding carboxylic acids is 1. The predicted molar refractivity (Wildman–Crippen MR) is 125 cm³/mol. The second-order valence-corrected chi connectivity index (χ2v) is 7.63. The maximum atomic E-state index is 12.6. The average Bonchev–Trinajstić information content (AvgIpc) is 3.63. The highest BCUT2D eigenvalue weighted by Crippen LogP contribution is 2.37. The Balaban J connectivity index is 1.25. The molecule has 0 radical (unpaired) electrons. The van der Waals surface area contributed by atoms with E-state index in [0.29, 0.717) is 17.2 Å². The molecule has 3 aromatic heterocycles. The zero-order valence-corrected chi connectivity index (χ0v) is 18.6. The minimum absolute atomic E-state index is 0.0392. The molecule has 6 rings (SSSR count). The maximum absolute atomic E-state index is 12.6. The summed E-state index contributed by atoms with van der Waals surface area (Å²) in [6, 6.07) is 11.9. The molecule has 1 amide bonds. The first-order chi connectivity index (χ1) is 18.1. The van der Waals surface area contributed by atoms with Gasteiger partial charge in [-0.2, -0.15) is 5.10 Å². The summed E-state index contributed by atoms with van der Waals surface area (Å²) in [6.07, 6.45) is 0.893. The van der Waals surface area contributed by atoms with E-state index in [-0.39, 0.29) is 47.3 Å². The third kappa shape index (κ3) is 4.07. The van der Waals surface area contributed by atoms with Gasteiger partial charge in [-0.15, -0.1) is 10.2 Å². The molecule has 0 spiro atoms. The number of aromatic nitrogens is 6. The lowest BCUT2D eigenvalue weighted by Gasteiger charge is -2.06. The number of nitrogens with one attached hydrogen (secondary N) is 2. The van der Waals surface area contributed by atoms with E-state index in [0.717, 1.165) is 11.9 Å². The first-order valence-corrected chi connectivity index (χ1v) is 10.6. The van der Waals surface area contributed by atoms with E-state index in [1.807, 2.05) is 30.3 Å². The van der Waals surface area contributed by atoms with Crippen molar-refractivity contribution in [3.8, 4) is 11.5 Å². The number of hydrogen-bond acceptors (Lipinski definition) is 13. The van der Waals surface area contributed by atoms with Crippen molar-refractivity contribution in [2.75, 3.05) is 12.1 Å². The molecule has 0 saturated heterocycles. The Hall–Kier alpha value is -5.67. The van der Waals surface area contributed by atoms with Crippen molar-refractivity contribution in [3.63, 3.8) is 0 Å². The van der Waals surface area contributed by atoms with Crippen LogP contribution in [-0.2, 0) is 11.2 Å². The Bertz CT molecular complexity index is 1700. The van der Waals surface area contributed by atoms with Crippen molar-refractivity contribution >= 4 is 46.3 Å². The number of carbonyl (C=O) groups is 1. The van der Waals surface area contributed by atoms with Crippen LogP contribution in [0.15, 0.2) is 52.2 Å². The molecule has 0 atom stereocenters. The summed E-state index contributed by atoms with van der Waals surface area (Å²) in [4.78, 5) is 27.8. The van der Waals surface area contributed by atoms with E-state index in [1.54, 1.807) is 0 Å². The number of nitrogens with zero attached hydrogens (tertiary/aromatic N) is 8. The number of anilines is 2. The largest absolute Gasteiger partial charge is 0.454 e. The molecule has 184 valence electrons. The second-order valence-electron chi connectivity index (χ2n) is 7.63. The van der Waals surface area contributed by atoms with Crippen LogP contribution in [0.25, 0.3) is 16.9 Å². The third-order valence-corrected chi connectivity index (χ3v) is 5.29. The Morgan fingerprint density at radius 1 is 1.14 bits per heavy atom. The van der Waals surface area contributed by atoms with Gasteiger partial charge in [-0.3, -0.25) is 19.3 Å². The summed E-state index contributed by atoms with van der Waals surface area (Å²) in [6.45, 7) is -0.0392. The topological polar surface area (TPSA) is 197 Å². The predicted octanol–water partition coefficient (Wildman–Crippen LogP) is 1.73. The van der Waals surface area contributed by atoms with E-state index in [2.05, 4.69) is 41.3 Å². The van der Waals surface area contributed by atoms with Gasteiger partial charge in [0, 0.05) is 5.69 Å². The highest BCUT2D eigenvalue weighted by Gasteiger charge is 2.23. The molecule has 5 aromatic rings. The molecule has 0 saturated carbocycles. The molecular weight excluding hydrogens is 488 g/mol. The van der Waals surface area contributed by atoms with Crippen LogP contribution in [-0.4, -0.2) is 53.7 Å². The Kier molecular flexibility index (Phi) is 5.22. The number of nitro benzene ring substituents is 1. The quantitative estimate of drug-likeness (QED) is 0.186. The number of para-hydroxylation sites is 1. The lowest BCUT2D eigenvalue weighted by Crippen LogP contribution is -2.21. The van der Waals surface area contributed by atoms with Gasteiger partial charge >= 0.3 is 0 Å². The first kappa shape index (κ1) is 21.8. The number of amides is 1. The van der Waals surface area contributed by atoms with Gasteiger partial charge in [0.15, 0.2) is 17.3 Å². The molecule has 2 aromatic carbocycles. The fourth-order valence-electron chi connectivity index (χ4n) is 3.66. The summed E-state index contributed by atoms with van der Waals surface area (Å²) < 4.78 is 16.7. The lowest BCUT2D eigenvalue weighted by atomic mass is 10.1. The second kappa shape index (κ2) is 8.84. The van der Waals surface area contributed by atoms with Gasteiger partial charge in [0.2, 0.25) is 29.6 Å². The summed E-state index contributed by atoms with van der Waals surface area (Å²) in [7, 11) is 0. The lowest BCUT2D eigenvalue weighted by molar-refractivity contribution is -0.385. The van der Waals surface area contributed by atoms with E-state index >= 15 is 0 Å². The number of nitro groups is 1. The van der Waals surface area contributed by atoms with E-state index in [9.17, 15) is 14.9 Å². The number of ether oxygens (including phenoxy) is 2. The highest BCUT2D eigenvalue weighted by molar-refractivity contribution is 5.88. The average molecular weight is 502 g/mol. The minimum atomic E-state index is -0.584. The number of rotatable bonds is 7. The molecule has 2 N–H and O–H groups in total. The molecule has 0 unspecified atom stereocenters. The number of hydrazone groups is 1. The molecular formula is C21H14N10O6. The molecule has 0 fully saturated rings. The van der Waals surface area contributed by atoms with Crippen molar-refractivity contribution < 1.29 is 23.8 Å². The maximum Gasteiger partial charge on any atom is 0.282 e. The molecule has 4 heterocycles. The van der Waals surface area contributed by atoms with Crippen LogP contribution in [0.5, 0.6) is 11.5 Å². The van der Waals surface area contributed by atoms with Gasteiger partial charge in [-0.05, 0) is 28.5 Å². The Morgan fingerprint density at radius 3 is 2.76 bits per heavy atom. The molecule has 16 heteroatoms. The van der Waals surface area contributed by atoms with Crippen LogP contribution >= 0.6 is 0 Å². The van der Waals surface area contributed by atoms with Crippen LogP contribution in [0.4, 0.5) is 17.2 Å². The van der Waals surface area contributed by atoms with Crippen molar-refractivity contribution in [1.82, 2.24) is 35.3 Å². The first-order valence-electron chi connectivity index (χ1n) is 10.6. The van der Waals surface area contributed by atoms with Gasteiger partial charge in [-0.1, -0.05) is 18.2 Å². The third-order valence-electron chi connectivity index (χ3n) is 5.29. The monoisotopic (exact) mass is 502 g/mol. The van der Waals surface area contributed by atoms with E-state index in [1.165, 1.54) is 16.5 Å². The number of hydrogen-bond donors (Lipinski definition) is 2. The van der Waals surface area contributed by atoms with Crippen molar-refractivity contribution in [1.29, 1.82) is 0 Å². The van der Waals surface area contributed by atoms with Gasteiger partial charge in [0.05, 0.1) is 29.2 Å². The number of benzene rings is 2. The fourth-order valence-corrected chi connectivity index (χ4v) is 3.66. The Morgan fingerprint density at radius 2 is 1.95 bits per heavy atom. The Labute approximate surface area is 205 Å². The van der Waals surface area contributed by atoms with Crippen molar-refractivity contribution in [2.45, 2.75) is 6.42 Å². The molecule has 0 bridgehead atoms. The van der Waals surface area contributed by atoms with Crippen LogP contribution in [0, 0.1) is 10.1 Å². The zero-order valence-electron chi connectivity index (χ0n) is 18.6. The summed E-state index contributed by atoms with van der Waals surface area (Å²) in [5.74, 6) is 0.591. The molecule has 1 aliphatic heterocycles. The smallest absolute Gasteiger partial charge is 0.282 e. The molecule has 37 heavy (non-hydrogen) atoms. The fraction of sp³-hybridized carbons (Fsp3) is 0.0952. The van der Waals surface area contributed by atoms with Crippen LogP contribution < -0.4 is 20.2 Å². The summed E-state index contributed by atoms with van der Waals surface area (Å²) in [5.41, 5.74) is 3.66. The van der Waals surface area contributed by atoms with Gasteiger partial charge in [-0.25, -0.2) is 15.0 Å². The number of fused-ring (bicyclic) bond motifs is 4. The van der Waals surface area contributed by atoms with Crippen molar-refractivity contribution in [2.24, 2.45) is 5.10 Å². The highest BCUT2D eigenvalue weighted by atomic mass is 16.7. The molecule has 0 aliphatic carbocycles. The normalized spacial score (nSPS) is 12.4. The van der Waals surface area contributed by atoms with E-state index < -0.39 is 10.8 Å². The minimum Gasteiger partial charge on any atom is -0.454 e. The van der Waals surface area contributed by atoms with E-state index in [4.69, 9.17) is 14.1 Å². The van der Waals surface area contributed by atoms with Crippen LogP contribution in [0.1, 0.15) is 11.4 Å². The van der Waals surface area contributed by atoms with Gasteiger partial charge < -0.3 is 14.8 Å². The standard InChI is InChI=1S/C21H14N10O6/c32-17(26-22-9-11-6-14-15(36-10-35-14)7-13(11)31(33)34)8-16-25-27-20-18(23-12-4-2-1-3-5-12)24-19-21(30(16)20)29-37-28-19/h1-7,9H,8,10H2,(H,26,32)(H,23,24,28). The van der Waals surface area contributed by atoms with Crippen molar-refractivity contribution in [3.05, 3.63) is 64.0 Å². The van der Waals surface area contributed by atoms with Crippen LogP contribution in [0.2, 0.25) is 0 Å². The zero-order chi connectivity index (χ0) is 25.4. The van der Waals surface area contributed by atoms with Gasteiger partial charge in [0.1, 0.15) is 5.82 Å². The van der Waals surface area contributed by atoms with Gasteiger partial charge in [0.25, 0.3) is 5.69 Å². The summed E-state index contributed by atoms with van der Waals surface area (Å²) in [5, 5.41) is 34.3. The summed E-state index contributed by atoms with van der Waals surface area (Å²) >= 11 is 0. The van der Waals surface area contributed by atoms with Crippen LogP contribution in [0.3, 0.4) is 0 Å². The SMILES string of the molecule is O=C(Cc1nnc2c(Nc3ccccc3)nc3nonc3n12)NN=Cc1cc2c(cc1[N+](=O)[O-])OCO2. The molecule has 1 aliphatic rings.